The van der Waals surface area contributed by atoms with E-state index in [0.29, 0.717) is 6.61 Å². The standard InChI is InChI=1S/C23H31N3O3/c1-16(22-17(2)24-29-18(22)3)23(27)26-11-9-25(10-12-26)13-14-28-21-8-7-19-5-4-6-20(19)15-21/h7-8,15-16H,4-6,9-14H2,1-3H3/t16-/m0/s1. The van der Waals surface area contributed by atoms with Crippen molar-refractivity contribution in [2.45, 2.75) is 46.0 Å². The molecule has 1 amide bonds. The number of rotatable bonds is 6. The van der Waals surface area contributed by atoms with Crippen LogP contribution in [0.5, 0.6) is 5.75 Å². The lowest BCUT2D eigenvalue weighted by atomic mass is 9.97. The Morgan fingerprint density at radius 1 is 1.17 bits per heavy atom. The molecule has 1 aliphatic carbocycles. The number of aromatic nitrogens is 1. The summed E-state index contributed by atoms with van der Waals surface area (Å²) in [5, 5.41) is 3.99. The van der Waals surface area contributed by atoms with Crippen molar-refractivity contribution in [1.29, 1.82) is 0 Å². The van der Waals surface area contributed by atoms with Crippen LogP contribution < -0.4 is 4.74 Å². The first kappa shape index (κ1) is 20.0. The van der Waals surface area contributed by atoms with Gasteiger partial charge in [-0.15, -0.1) is 0 Å². The average molecular weight is 398 g/mol. The first-order valence-electron chi connectivity index (χ1n) is 10.7. The molecular weight excluding hydrogens is 366 g/mol. The summed E-state index contributed by atoms with van der Waals surface area (Å²) in [7, 11) is 0. The highest BCUT2D eigenvalue weighted by Crippen LogP contribution is 2.27. The van der Waals surface area contributed by atoms with Crippen LogP contribution in [-0.4, -0.2) is 60.2 Å². The van der Waals surface area contributed by atoms with Gasteiger partial charge in [0.05, 0.1) is 11.6 Å². The summed E-state index contributed by atoms with van der Waals surface area (Å²) in [6.45, 7) is 10.6. The summed E-state index contributed by atoms with van der Waals surface area (Å²) >= 11 is 0. The molecule has 29 heavy (non-hydrogen) atoms. The molecule has 0 N–H and O–H groups in total. The molecule has 1 atom stereocenters. The van der Waals surface area contributed by atoms with Gasteiger partial charge in [-0.05, 0) is 63.3 Å². The van der Waals surface area contributed by atoms with E-state index in [1.165, 1.54) is 30.4 Å². The van der Waals surface area contributed by atoms with Crippen LogP contribution in [0.3, 0.4) is 0 Å². The number of ether oxygens (including phenoxy) is 1. The summed E-state index contributed by atoms with van der Waals surface area (Å²) in [6.07, 6.45) is 3.64. The molecule has 1 aromatic heterocycles. The topological polar surface area (TPSA) is 58.8 Å². The van der Waals surface area contributed by atoms with E-state index in [-0.39, 0.29) is 11.8 Å². The van der Waals surface area contributed by atoms with Crippen molar-refractivity contribution in [2.24, 2.45) is 0 Å². The highest BCUT2D eigenvalue weighted by molar-refractivity contribution is 5.84. The first-order chi connectivity index (χ1) is 14.0. The Bertz CT molecular complexity index is 849. The number of carbonyl (C=O) groups excluding carboxylic acids is 1. The fourth-order valence-electron chi connectivity index (χ4n) is 4.63. The van der Waals surface area contributed by atoms with Crippen LogP contribution in [0.2, 0.25) is 0 Å². The predicted octanol–water partition coefficient (Wildman–Crippen LogP) is 3.11. The number of piperazine rings is 1. The molecule has 1 aliphatic heterocycles. The zero-order valence-corrected chi connectivity index (χ0v) is 17.7. The number of benzene rings is 1. The molecule has 1 saturated heterocycles. The van der Waals surface area contributed by atoms with Gasteiger partial charge < -0.3 is 14.2 Å². The van der Waals surface area contributed by atoms with E-state index >= 15 is 0 Å². The van der Waals surface area contributed by atoms with E-state index in [0.717, 1.165) is 55.5 Å². The summed E-state index contributed by atoms with van der Waals surface area (Å²) < 4.78 is 11.2. The molecule has 6 nitrogen and oxygen atoms in total. The van der Waals surface area contributed by atoms with Crippen LogP contribution in [-0.2, 0) is 17.6 Å². The van der Waals surface area contributed by atoms with Crippen LogP contribution in [0.4, 0.5) is 0 Å². The fourth-order valence-corrected chi connectivity index (χ4v) is 4.63. The molecule has 1 aromatic carbocycles. The maximum absolute atomic E-state index is 12.9. The van der Waals surface area contributed by atoms with Gasteiger partial charge in [0.25, 0.3) is 0 Å². The average Bonchev–Trinajstić information content (AvgIpc) is 3.33. The highest BCUT2D eigenvalue weighted by Gasteiger charge is 2.29. The lowest BCUT2D eigenvalue weighted by molar-refractivity contribution is -0.134. The Kier molecular flexibility index (Phi) is 5.90. The number of carbonyl (C=O) groups is 1. The highest BCUT2D eigenvalue weighted by atomic mass is 16.5. The second-order valence-corrected chi connectivity index (χ2v) is 8.26. The summed E-state index contributed by atoms with van der Waals surface area (Å²) in [5.74, 6) is 1.67. The summed E-state index contributed by atoms with van der Waals surface area (Å²) in [5.41, 5.74) is 4.66. The Morgan fingerprint density at radius 3 is 2.66 bits per heavy atom. The predicted molar refractivity (Wildman–Crippen MR) is 111 cm³/mol. The van der Waals surface area contributed by atoms with Gasteiger partial charge in [-0.2, -0.15) is 0 Å². The maximum atomic E-state index is 12.9. The lowest BCUT2D eigenvalue weighted by Gasteiger charge is -2.35. The summed E-state index contributed by atoms with van der Waals surface area (Å²) in [4.78, 5) is 17.3. The maximum Gasteiger partial charge on any atom is 0.230 e. The van der Waals surface area contributed by atoms with E-state index in [2.05, 4.69) is 28.3 Å². The number of aryl methyl sites for hydroxylation is 4. The van der Waals surface area contributed by atoms with E-state index in [1.807, 2.05) is 25.7 Å². The normalized spacial score (nSPS) is 18.0. The quantitative estimate of drug-likeness (QED) is 0.750. The van der Waals surface area contributed by atoms with Gasteiger partial charge in [0, 0.05) is 38.3 Å². The van der Waals surface area contributed by atoms with Crippen LogP contribution in [0.25, 0.3) is 0 Å². The van der Waals surface area contributed by atoms with Crippen molar-refractivity contribution >= 4 is 5.91 Å². The minimum absolute atomic E-state index is 0.161. The van der Waals surface area contributed by atoms with Crippen LogP contribution in [0.1, 0.15) is 47.4 Å². The Hall–Kier alpha value is -2.34. The molecule has 0 spiro atoms. The number of fused-ring (bicyclic) bond motifs is 1. The van der Waals surface area contributed by atoms with Gasteiger partial charge in [0.2, 0.25) is 5.91 Å². The third-order valence-corrected chi connectivity index (χ3v) is 6.32. The van der Waals surface area contributed by atoms with Crippen LogP contribution >= 0.6 is 0 Å². The molecule has 0 unspecified atom stereocenters. The third kappa shape index (κ3) is 4.32. The third-order valence-electron chi connectivity index (χ3n) is 6.32. The van der Waals surface area contributed by atoms with Gasteiger partial charge in [0.15, 0.2) is 0 Å². The van der Waals surface area contributed by atoms with E-state index in [4.69, 9.17) is 9.26 Å². The number of nitrogens with zero attached hydrogens (tertiary/aromatic N) is 3. The van der Waals surface area contributed by atoms with Crippen LogP contribution in [0.15, 0.2) is 22.7 Å². The minimum Gasteiger partial charge on any atom is -0.492 e. The molecule has 2 heterocycles. The van der Waals surface area contributed by atoms with Crippen molar-refractivity contribution < 1.29 is 14.1 Å². The van der Waals surface area contributed by atoms with Gasteiger partial charge in [-0.1, -0.05) is 11.2 Å². The molecule has 1 fully saturated rings. The van der Waals surface area contributed by atoms with E-state index in [1.54, 1.807) is 0 Å². The molecule has 2 aromatic rings. The monoisotopic (exact) mass is 397 g/mol. The molecule has 0 saturated carbocycles. The molecular formula is C23H31N3O3. The Labute approximate surface area is 172 Å². The van der Waals surface area contributed by atoms with Gasteiger partial charge >= 0.3 is 0 Å². The van der Waals surface area contributed by atoms with Crippen molar-refractivity contribution in [3.8, 4) is 5.75 Å². The number of hydrogen-bond donors (Lipinski definition) is 0. The van der Waals surface area contributed by atoms with Gasteiger partial charge in [-0.25, -0.2) is 0 Å². The molecule has 6 heteroatoms. The minimum atomic E-state index is -0.212. The van der Waals surface area contributed by atoms with Crippen molar-refractivity contribution in [3.05, 3.63) is 46.3 Å². The largest absolute Gasteiger partial charge is 0.492 e. The second-order valence-electron chi connectivity index (χ2n) is 8.26. The molecule has 0 radical (unpaired) electrons. The number of amides is 1. The Balaban J connectivity index is 1.23. The zero-order valence-electron chi connectivity index (χ0n) is 17.7. The SMILES string of the molecule is Cc1noc(C)c1[C@H](C)C(=O)N1CCN(CCOc2ccc3c(c2)CCC3)CC1. The lowest BCUT2D eigenvalue weighted by Crippen LogP contribution is -2.50. The van der Waals surface area contributed by atoms with Crippen molar-refractivity contribution in [3.63, 3.8) is 0 Å². The second kappa shape index (κ2) is 8.57. The van der Waals surface area contributed by atoms with E-state index in [9.17, 15) is 4.79 Å². The zero-order chi connectivity index (χ0) is 20.4. The Morgan fingerprint density at radius 2 is 1.93 bits per heavy atom. The van der Waals surface area contributed by atoms with Crippen molar-refractivity contribution in [2.75, 3.05) is 39.3 Å². The fraction of sp³-hybridized carbons (Fsp3) is 0.565. The van der Waals surface area contributed by atoms with E-state index < -0.39 is 0 Å². The van der Waals surface area contributed by atoms with Crippen LogP contribution in [0, 0.1) is 13.8 Å². The first-order valence-corrected chi connectivity index (χ1v) is 10.7. The van der Waals surface area contributed by atoms with Crippen molar-refractivity contribution in [1.82, 2.24) is 15.0 Å². The summed E-state index contributed by atoms with van der Waals surface area (Å²) in [6, 6.07) is 6.51. The van der Waals surface area contributed by atoms with Gasteiger partial charge in [-0.3, -0.25) is 9.69 Å². The smallest absolute Gasteiger partial charge is 0.230 e. The van der Waals surface area contributed by atoms with Gasteiger partial charge in [0.1, 0.15) is 18.1 Å². The molecule has 4 rings (SSSR count). The molecule has 0 bridgehead atoms. The molecule has 2 aliphatic rings. The molecule has 156 valence electrons. The number of hydrogen-bond acceptors (Lipinski definition) is 5.